The summed E-state index contributed by atoms with van der Waals surface area (Å²) in [7, 11) is 1.48. The van der Waals surface area contributed by atoms with Gasteiger partial charge in [-0.1, -0.05) is 0 Å². The predicted molar refractivity (Wildman–Crippen MR) is 56.9 cm³/mol. The number of hydrazine groups is 1. The maximum Gasteiger partial charge on any atom is 0.195 e. The maximum atomic E-state index is 13.4. The summed E-state index contributed by atoms with van der Waals surface area (Å²) < 4.78 is 43.8. The summed E-state index contributed by atoms with van der Waals surface area (Å²) in [6, 6.07) is 1.86. The molecule has 0 atom stereocenters. The summed E-state index contributed by atoms with van der Waals surface area (Å²) in [5, 5.41) is 0. The molecule has 0 spiro atoms. The number of nitrogens with two attached hydrogens (primary N) is 1. The summed E-state index contributed by atoms with van der Waals surface area (Å²) in [6.45, 7) is 0.519. The molecule has 0 amide bonds. The van der Waals surface area contributed by atoms with Crippen molar-refractivity contribution < 1.29 is 17.9 Å². The van der Waals surface area contributed by atoms with Crippen LogP contribution in [-0.4, -0.2) is 26.1 Å². The van der Waals surface area contributed by atoms with E-state index >= 15 is 0 Å². The number of halogens is 3. The zero-order chi connectivity index (χ0) is 12.8. The van der Waals surface area contributed by atoms with E-state index in [9.17, 15) is 13.2 Å². The van der Waals surface area contributed by atoms with Crippen molar-refractivity contribution >= 4 is 5.84 Å². The minimum absolute atomic E-state index is 0.0709. The molecule has 0 heterocycles. The van der Waals surface area contributed by atoms with Gasteiger partial charge in [0.15, 0.2) is 17.5 Å². The highest BCUT2D eigenvalue weighted by Gasteiger charge is 2.16. The SMILES string of the molecule is COCCN=C(NN)c1ccc(F)c(F)c1F. The molecule has 0 aliphatic rings. The molecule has 4 nitrogen and oxygen atoms in total. The molecule has 0 radical (unpaired) electrons. The van der Waals surface area contributed by atoms with Crippen molar-refractivity contribution in [3.05, 3.63) is 35.1 Å². The standard InChI is InChI=1S/C10H12F3N3O/c1-17-5-4-15-10(16-14)6-2-3-7(11)9(13)8(6)12/h2-3H,4-5,14H2,1H3,(H,15,16). The minimum atomic E-state index is -1.56. The Morgan fingerprint density at radius 3 is 2.65 bits per heavy atom. The summed E-state index contributed by atoms with van der Waals surface area (Å²) in [4.78, 5) is 3.86. The first-order valence-corrected chi connectivity index (χ1v) is 4.75. The van der Waals surface area contributed by atoms with Crippen molar-refractivity contribution in [3.63, 3.8) is 0 Å². The first-order valence-electron chi connectivity index (χ1n) is 4.75. The summed E-state index contributed by atoms with van der Waals surface area (Å²) in [6.07, 6.45) is 0. The lowest BCUT2D eigenvalue weighted by molar-refractivity contribution is 0.208. The molecule has 1 aromatic rings. The Kier molecular flexibility index (Phi) is 4.92. The monoisotopic (exact) mass is 247 g/mol. The highest BCUT2D eigenvalue weighted by atomic mass is 19.2. The molecule has 1 rings (SSSR count). The molecular weight excluding hydrogens is 235 g/mol. The number of amidine groups is 1. The molecule has 7 heteroatoms. The van der Waals surface area contributed by atoms with Crippen LogP contribution in [0.25, 0.3) is 0 Å². The lowest BCUT2D eigenvalue weighted by atomic mass is 10.2. The van der Waals surface area contributed by atoms with Crippen molar-refractivity contribution in [2.75, 3.05) is 20.3 Å². The summed E-state index contributed by atoms with van der Waals surface area (Å²) >= 11 is 0. The van der Waals surface area contributed by atoms with Crippen LogP contribution in [0.1, 0.15) is 5.56 Å². The third-order valence-corrected chi connectivity index (χ3v) is 1.99. The molecule has 17 heavy (non-hydrogen) atoms. The number of hydrogen-bond donors (Lipinski definition) is 2. The third-order valence-electron chi connectivity index (χ3n) is 1.99. The normalized spacial score (nSPS) is 11.7. The molecule has 0 unspecified atom stereocenters. The molecule has 1 aromatic carbocycles. The number of benzene rings is 1. The molecule has 0 aromatic heterocycles. The fourth-order valence-corrected chi connectivity index (χ4v) is 1.17. The van der Waals surface area contributed by atoms with Crippen LogP contribution in [0.3, 0.4) is 0 Å². The number of hydrogen-bond acceptors (Lipinski definition) is 3. The van der Waals surface area contributed by atoms with Gasteiger partial charge in [-0.15, -0.1) is 0 Å². The van der Waals surface area contributed by atoms with Crippen LogP contribution >= 0.6 is 0 Å². The third kappa shape index (κ3) is 3.18. The van der Waals surface area contributed by atoms with Gasteiger partial charge in [0.25, 0.3) is 0 Å². The van der Waals surface area contributed by atoms with Crippen molar-refractivity contribution in [1.29, 1.82) is 0 Å². The Balaban J connectivity index is 3.04. The van der Waals surface area contributed by atoms with E-state index in [2.05, 4.69) is 10.4 Å². The van der Waals surface area contributed by atoms with Crippen LogP contribution < -0.4 is 11.3 Å². The second-order valence-corrected chi connectivity index (χ2v) is 3.09. The van der Waals surface area contributed by atoms with E-state index in [1.54, 1.807) is 0 Å². The molecule has 0 saturated carbocycles. The van der Waals surface area contributed by atoms with Gasteiger partial charge in [-0.05, 0) is 12.1 Å². The van der Waals surface area contributed by atoms with Gasteiger partial charge in [0, 0.05) is 7.11 Å². The highest BCUT2D eigenvalue weighted by Crippen LogP contribution is 2.15. The number of rotatable bonds is 4. The van der Waals surface area contributed by atoms with Crippen LogP contribution in [0, 0.1) is 17.5 Å². The number of nitrogens with zero attached hydrogens (tertiary/aromatic N) is 1. The van der Waals surface area contributed by atoms with Crippen molar-refractivity contribution in [2.24, 2.45) is 10.8 Å². The highest BCUT2D eigenvalue weighted by molar-refractivity contribution is 5.98. The van der Waals surface area contributed by atoms with Crippen LogP contribution in [-0.2, 0) is 4.74 Å². The maximum absolute atomic E-state index is 13.4. The second-order valence-electron chi connectivity index (χ2n) is 3.09. The van der Waals surface area contributed by atoms with E-state index < -0.39 is 17.5 Å². The van der Waals surface area contributed by atoms with Gasteiger partial charge in [-0.25, -0.2) is 19.0 Å². The van der Waals surface area contributed by atoms with Crippen LogP contribution in [0.5, 0.6) is 0 Å². The van der Waals surface area contributed by atoms with Gasteiger partial charge >= 0.3 is 0 Å². The first kappa shape index (κ1) is 13.5. The minimum Gasteiger partial charge on any atom is -0.383 e. The van der Waals surface area contributed by atoms with Gasteiger partial charge in [-0.3, -0.25) is 4.99 Å². The second kappa shape index (κ2) is 6.21. The molecule has 0 saturated heterocycles. The van der Waals surface area contributed by atoms with Gasteiger partial charge in [0.05, 0.1) is 18.7 Å². The Morgan fingerprint density at radius 1 is 1.35 bits per heavy atom. The molecule has 0 fully saturated rings. The topological polar surface area (TPSA) is 59.6 Å². The smallest absolute Gasteiger partial charge is 0.195 e. The van der Waals surface area contributed by atoms with E-state index in [1.807, 2.05) is 0 Å². The molecule has 0 aliphatic carbocycles. The number of ether oxygens (including phenoxy) is 1. The lowest BCUT2D eigenvalue weighted by Crippen LogP contribution is -2.32. The van der Waals surface area contributed by atoms with E-state index in [1.165, 1.54) is 7.11 Å². The molecule has 0 aliphatic heterocycles. The Labute approximate surface area is 96.3 Å². The van der Waals surface area contributed by atoms with Crippen molar-refractivity contribution in [3.8, 4) is 0 Å². The number of methoxy groups -OCH3 is 1. The van der Waals surface area contributed by atoms with Gasteiger partial charge in [0.2, 0.25) is 0 Å². The lowest BCUT2D eigenvalue weighted by Gasteiger charge is -2.08. The van der Waals surface area contributed by atoms with Crippen LogP contribution in [0.2, 0.25) is 0 Å². The quantitative estimate of drug-likeness (QED) is 0.208. The Hall–Kier alpha value is -1.60. The summed E-state index contributed by atoms with van der Waals surface area (Å²) in [5.74, 6) is 0.912. The van der Waals surface area contributed by atoms with Crippen molar-refractivity contribution in [2.45, 2.75) is 0 Å². The van der Waals surface area contributed by atoms with Gasteiger partial charge < -0.3 is 10.2 Å². The van der Waals surface area contributed by atoms with E-state index in [0.717, 1.165) is 12.1 Å². The van der Waals surface area contributed by atoms with E-state index in [0.29, 0.717) is 6.61 Å². The fourth-order valence-electron chi connectivity index (χ4n) is 1.17. The summed E-state index contributed by atoms with van der Waals surface area (Å²) in [5.41, 5.74) is 1.90. The first-order chi connectivity index (χ1) is 8.11. The van der Waals surface area contributed by atoms with Gasteiger partial charge in [-0.2, -0.15) is 0 Å². The Bertz CT molecular complexity index is 424. The van der Waals surface area contributed by atoms with Crippen molar-refractivity contribution in [1.82, 2.24) is 5.43 Å². The largest absolute Gasteiger partial charge is 0.383 e. The average molecular weight is 247 g/mol. The zero-order valence-electron chi connectivity index (χ0n) is 9.14. The molecule has 94 valence electrons. The average Bonchev–Trinajstić information content (AvgIpc) is 2.33. The fraction of sp³-hybridized carbons (Fsp3) is 0.300. The van der Waals surface area contributed by atoms with E-state index in [4.69, 9.17) is 10.6 Å². The van der Waals surface area contributed by atoms with Gasteiger partial charge in [0.1, 0.15) is 5.84 Å². The zero-order valence-corrected chi connectivity index (χ0v) is 9.14. The number of nitrogens with one attached hydrogen (secondary N) is 1. The van der Waals surface area contributed by atoms with Crippen LogP contribution in [0.4, 0.5) is 13.2 Å². The van der Waals surface area contributed by atoms with E-state index in [-0.39, 0.29) is 17.9 Å². The number of aliphatic imine (C=N–C) groups is 1. The Morgan fingerprint density at radius 2 is 2.06 bits per heavy atom. The molecule has 0 bridgehead atoms. The molecular formula is C10H12F3N3O. The predicted octanol–water partition coefficient (Wildman–Crippen LogP) is 0.960. The molecule has 3 N–H and O–H groups in total. The van der Waals surface area contributed by atoms with Crippen LogP contribution in [0.15, 0.2) is 17.1 Å².